The molecule has 0 saturated carbocycles. The number of aromatic amines is 1. The van der Waals surface area contributed by atoms with Gasteiger partial charge in [0.1, 0.15) is 0 Å². The molecule has 0 spiro atoms. The Labute approximate surface area is 75.4 Å². The predicted molar refractivity (Wildman–Crippen MR) is 49.7 cm³/mol. The lowest BCUT2D eigenvalue weighted by molar-refractivity contribution is 1.02. The van der Waals surface area contributed by atoms with Gasteiger partial charge in [-0.05, 0) is 12.1 Å². The summed E-state index contributed by atoms with van der Waals surface area (Å²) < 4.78 is 0. The Balaban J connectivity index is 2.57. The molecule has 0 radical (unpaired) electrons. The highest BCUT2D eigenvalue weighted by Gasteiger charge is 2.03. The van der Waals surface area contributed by atoms with Crippen LogP contribution in [-0.2, 0) is 0 Å². The number of aromatic nitrogens is 4. The highest BCUT2D eigenvalue weighted by atomic mass is 15.1. The van der Waals surface area contributed by atoms with E-state index in [2.05, 4.69) is 26.7 Å². The van der Waals surface area contributed by atoms with Gasteiger partial charge in [-0.1, -0.05) is 6.58 Å². The highest BCUT2D eigenvalue weighted by molar-refractivity contribution is 5.68. The molecule has 0 aliphatic carbocycles. The Morgan fingerprint density at radius 1 is 1.46 bits per heavy atom. The SMILES string of the molecule is C=Cc1nnccc1-c1cnc[nH]1. The summed E-state index contributed by atoms with van der Waals surface area (Å²) in [6.07, 6.45) is 6.68. The molecule has 0 atom stereocenters. The Hall–Kier alpha value is -1.97. The van der Waals surface area contributed by atoms with Crippen LogP contribution in [0.1, 0.15) is 5.69 Å². The molecule has 13 heavy (non-hydrogen) atoms. The van der Waals surface area contributed by atoms with Crippen LogP contribution in [0, 0.1) is 0 Å². The number of hydrogen-bond acceptors (Lipinski definition) is 3. The summed E-state index contributed by atoms with van der Waals surface area (Å²) in [4.78, 5) is 6.94. The molecule has 0 amide bonds. The van der Waals surface area contributed by atoms with Crippen molar-refractivity contribution in [2.24, 2.45) is 0 Å². The van der Waals surface area contributed by atoms with Gasteiger partial charge in [-0.25, -0.2) is 4.98 Å². The average molecular weight is 172 g/mol. The van der Waals surface area contributed by atoms with Crippen LogP contribution in [0.3, 0.4) is 0 Å². The van der Waals surface area contributed by atoms with E-state index in [1.807, 2.05) is 6.07 Å². The third-order valence-electron chi connectivity index (χ3n) is 1.73. The fraction of sp³-hybridized carbons (Fsp3) is 0. The highest BCUT2D eigenvalue weighted by Crippen LogP contribution is 2.18. The van der Waals surface area contributed by atoms with Gasteiger partial charge in [-0.2, -0.15) is 10.2 Å². The first kappa shape index (κ1) is 7.67. The second-order valence-electron chi connectivity index (χ2n) is 2.50. The van der Waals surface area contributed by atoms with Crippen molar-refractivity contribution >= 4 is 6.08 Å². The van der Waals surface area contributed by atoms with E-state index in [-0.39, 0.29) is 0 Å². The van der Waals surface area contributed by atoms with E-state index in [0.717, 1.165) is 17.0 Å². The zero-order valence-corrected chi connectivity index (χ0v) is 6.94. The van der Waals surface area contributed by atoms with Crippen molar-refractivity contribution in [3.63, 3.8) is 0 Å². The van der Waals surface area contributed by atoms with Crippen molar-refractivity contribution in [3.8, 4) is 11.3 Å². The van der Waals surface area contributed by atoms with Gasteiger partial charge in [0, 0.05) is 5.56 Å². The lowest BCUT2D eigenvalue weighted by Crippen LogP contribution is -1.89. The minimum absolute atomic E-state index is 0.756. The molecule has 0 bridgehead atoms. The third-order valence-corrected chi connectivity index (χ3v) is 1.73. The first-order chi connectivity index (χ1) is 6.42. The Morgan fingerprint density at radius 2 is 2.38 bits per heavy atom. The largest absolute Gasteiger partial charge is 0.345 e. The van der Waals surface area contributed by atoms with Crippen molar-refractivity contribution in [2.45, 2.75) is 0 Å². The first-order valence-corrected chi connectivity index (χ1v) is 3.84. The van der Waals surface area contributed by atoms with E-state index in [0.29, 0.717) is 0 Å². The van der Waals surface area contributed by atoms with Gasteiger partial charge in [0.05, 0.1) is 30.1 Å². The van der Waals surface area contributed by atoms with Crippen LogP contribution in [0.5, 0.6) is 0 Å². The molecule has 2 aromatic heterocycles. The zero-order chi connectivity index (χ0) is 9.10. The molecule has 0 aliphatic heterocycles. The van der Waals surface area contributed by atoms with E-state index in [4.69, 9.17) is 0 Å². The molecule has 0 fully saturated rings. The smallest absolute Gasteiger partial charge is 0.0945 e. The van der Waals surface area contributed by atoms with E-state index < -0.39 is 0 Å². The minimum Gasteiger partial charge on any atom is -0.345 e. The second kappa shape index (κ2) is 3.18. The molecule has 0 aromatic carbocycles. The fourth-order valence-electron chi connectivity index (χ4n) is 1.12. The number of nitrogens with one attached hydrogen (secondary N) is 1. The molecule has 0 saturated heterocycles. The van der Waals surface area contributed by atoms with E-state index in [1.165, 1.54) is 0 Å². The molecular formula is C9H8N4. The maximum absolute atomic E-state index is 3.94. The third kappa shape index (κ3) is 1.33. The Kier molecular flexibility index (Phi) is 1.88. The van der Waals surface area contributed by atoms with Gasteiger partial charge in [-0.3, -0.25) is 0 Å². The first-order valence-electron chi connectivity index (χ1n) is 3.84. The summed E-state index contributed by atoms with van der Waals surface area (Å²) in [5, 5.41) is 7.71. The number of nitrogens with zero attached hydrogens (tertiary/aromatic N) is 3. The lowest BCUT2D eigenvalue weighted by Gasteiger charge is -1.99. The average Bonchev–Trinajstić information content (AvgIpc) is 2.70. The summed E-state index contributed by atoms with van der Waals surface area (Å²) in [6.45, 7) is 3.66. The number of H-pyrrole nitrogens is 1. The van der Waals surface area contributed by atoms with E-state index in [9.17, 15) is 0 Å². The maximum Gasteiger partial charge on any atom is 0.0945 e. The monoisotopic (exact) mass is 172 g/mol. The summed E-state index contributed by atoms with van der Waals surface area (Å²) >= 11 is 0. The quantitative estimate of drug-likeness (QED) is 0.747. The van der Waals surface area contributed by atoms with E-state index in [1.54, 1.807) is 24.8 Å². The van der Waals surface area contributed by atoms with Crippen LogP contribution in [0.25, 0.3) is 17.3 Å². The van der Waals surface area contributed by atoms with Crippen LogP contribution < -0.4 is 0 Å². The molecule has 0 aliphatic rings. The molecule has 0 unspecified atom stereocenters. The van der Waals surface area contributed by atoms with Crippen LogP contribution in [0.4, 0.5) is 0 Å². The molecule has 1 N–H and O–H groups in total. The van der Waals surface area contributed by atoms with Crippen molar-refractivity contribution in [2.75, 3.05) is 0 Å². The van der Waals surface area contributed by atoms with Crippen molar-refractivity contribution in [1.29, 1.82) is 0 Å². The maximum atomic E-state index is 3.94. The molecule has 64 valence electrons. The predicted octanol–water partition coefficient (Wildman–Crippen LogP) is 1.51. The molecule has 2 rings (SSSR count). The molecule has 2 aromatic rings. The summed E-state index contributed by atoms with van der Waals surface area (Å²) in [7, 11) is 0. The number of imidazole rings is 1. The summed E-state index contributed by atoms with van der Waals surface area (Å²) in [5.74, 6) is 0. The van der Waals surface area contributed by atoms with E-state index >= 15 is 0 Å². The molecule has 4 nitrogen and oxygen atoms in total. The number of rotatable bonds is 2. The van der Waals surface area contributed by atoms with Crippen molar-refractivity contribution < 1.29 is 0 Å². The van der Waals surface area contributed by atoms with Crippen LogP contribution >= 0.6 is 0 Å². The van der Waals surface area contributed by atoms with Crippen LogP contribution in [0.2, 0.25) is 0 Å². The molecular weight excluding hydrogens is 164 g/mol. The van der Waals surface area contributed by atoms with Gasteiger partial charge in [0.2, 0.25) is 0 Å². The van der Waals surface area contributed by atoms with Crippen LogP contribution in [0.15, 0.2) is 31.4 Å². The second-order valence-corrected chi connectivity index (χ2v) is 2.50. The zero-order valence-electron chi connectivity index (χ0n) is 6.94. The lowest BCUT2D eigenvalue weighted by atomic mass is 10.1. The van der Waals surface area contributed by atoms with Gasteiger partial charge < -0.3 is 4.98 Å². The van der Waals surface area contributed by atoms with Crippen LogP contribution in [-0.4, -0.2) is 20.2 Å². The molecule has 4 heteroatoms. The Morgan fingerprint density at radius 3 is 3.08 bits per heavy atom. The standard InChI is InChI=1S/C9H8N4/c1-2-8-7(3-4-12-13-8)9-5-10-6-11-9/h2-6H,1H2,(H,10,11). The summed E-state index contributed by atoms with van der Waals surface area (Å²) in [6, 6.07) is 1.87. The number of hydrogen-bond donors (Lipinski definition) is 1. The normalized spacial score (nSPS) is 9.85. The van der Waals surface area contributed by atoms with Crippen molar-refractivity contribution in [3.05, 3.63) is 37.1 Å². The van der Waals surface area contributed by atoms with Gasteiger partial charge >= 0.3 is 0 Å². The minimum atomic E-state index is 0.756. The molecule has 2 heterocycles. The van der Waals surface area contributed by atoms with Gasteiger partial charge in [-0.15, -0.1) is 0 Å². The van der Waals surface area contributed by atoms with Gasteiger partial charge in [0.25, 0.3) is 0 Å². The Bertz CT molecular complexity index is 405. The van der Waals surface area contributed by atoms with Crippen molar-refractivity contribution in [1.82, 2.24) is 20.2 Å². The summed E-state index contributed by atoms with van der Waals surface area (Å²) in [5.41, 5.74) is 2.64. The van der Waals surface area contributed by atoms with Gasteiger partial charge in [0.15, 0.2) is 0 Å². The fourth-order valence-corrected chi connectivity index (χ4v) is 1.12. The topological polar surface area (TPSA) is 54.5 Å².